The topological polar surface area (TPSA) is 45.8 Å². The van der Waals surface area contributed by atoms with Crippen LogP contribution in [-0.4, -0.2) is 9.97 Å². The number of hydrogen-bond donors (Lipinski definition) is 1. The number of benzene rings is 1. The van der Waals surface area contributed by atoms with Gasteiger partial charge < -0.3 is 4.98 Å². The molecule has 0 spiro atoms. The number of nitrogens with one attached hydrogen (secondary N) is 1. The third-order valence-corrected chi connectivity index (χ3v) is 2.24. The Morgan fingerprint density at radius 2 is 2.00 bits per heavy atom. The van der Waals surface area contributed by atoms with Gasteiger partial charge in [0.2, 0.25) is 0 Å². The van der Waals surface area contributed by atoms with Crippen molar-refractivity contribution < 1.29 is 13.2 Å². The van der Waals surface area contributed by atoms with Crippen LogP contribution in [0.3, 0.4) is 0 Å². The molecular weight excluding hydrogens is 221 g/mol. The number of aromatic nitrogens is 2. The molecule has 1 aromatic heterocycles. The molecule has 2 aromatic rings. The fourth-order valence-corrected chi connectivity index (χ4v) is 1.48. The number of nitrogens with zero attached hydrogens (tertiary/aromatic N) is 1. The number of rotatable bonds is 0. The van der Waals surface area contributed by atoms with Gasteiger partial charge in [0, 0.05) is 11.1 Å². The van der Waals surface area contributed by atoms with Gasteiger partial charge in [0.15, 0.2) is 0 Å². The van der Waals surface area contributed by atoms with Crippen LogP contribution >= 0.6 is 0 Å². The van der Waals surface area contributed by atoms with Crippen LogP contribution < -0.4 is 5.69 Å². The van der Waals surface area contributed by atoms with Crippen LogP contribution in [0.1, 0.15) is 11.3 Å². The van der Waals surface area contributed by atoms with E-state index in [0.717, 1.165) is 12.1 Å². The fourth-order valence-electron chi connectivity index (χ4n) is 1.48. The number of halogens is 3. The number of aryl methyl sites for hydroxylation is 1. The first-order chi connectivity index (χ1) is 7.38. The Morgan fingerprint density at radius 1 is 1.31 bits per heavy atom. The molecule has 3 nitrogen and oxygen atoms in total. The van der Waals surface area contributed by atoms with E-state index in [-0.39, 0.29) is 5.52 Å². The van der Waals surface area contributed by atoms with Gasteiger partial charge in [-0.05, 0) is 25.1 Å². The summed E-state index contributed by atoms with van der Waals surface area (Å²) in [6.07, 6.45) is -4.39. The van der Waals surface area contributed by atoms with Crippen molar-refractivity contribution in [1.82, 2.24) is 9.97 Å². The summed E-state index contributed by atoms with van der Waals surface area (Å²) in [6.45, 7) is 1.53. The first kappa shape index (κ1) is 10.7. The van der Waals surface area contributed by atoms with Gasteiger partial charge in [0.25, 0.3) is 0 Å². The Bertz CT molecular complexity index is 601. The van der Waals surface area contributed by atoms with Gasteiger partial charge in [0.1, 0.15) is 0 Å². The van der Waals surface area contributed by atoms with E-state index < -0.39 is 17.4 Å². The van der Waals surface area contributed by atoms with Crippen LogP contribution in [0, 0.1) is 6.92 Å². The zero-order valence-electron chi connectivity index (χ0n) is 8.22. The van der Waals surface area contributed by atoms with E-state index in [9.17, 15) is 18.0 Å². The minimum Gasteiger partial charge on any atom is -0.309 e. The summed E-state index contributed by atoms with van der Waals surface area (Å²) in [6, 6.07) is 3.09. The number of aromatic amines is 1. The van der Waals surface area contributed by atoms with Crippen LogP contribution in [0.2, 0.25) is 0 Å². The molecule has 0 bridgehead atoms. The van der Waals surface area contributed by atoms with Crippen molar-refractivity contribution in [3.8, 4) is 0 Å². The fraction of sp³-hybridized carbons (Fsp3) is 0.200. The van der Waals surface area contributed by atoms with Crippen LogP contribution in [0.25, 0.3) is 10.9 Å². The maximum Gasteiger partial charge on any atom is 0.416 e. The Morgan fingerprint density at radius 3 is 2.62 bits per heavy atom. The Hall–Kier alpha value is -1.85. The van der Waals surface area contributed by atoms with Gasteiger partial charge in [-0.15, -0.1) is 0 Å². The highest BCUT2D eigenvalue weighted by molar-refractivity contribution is 5.81. The second kappa shape index (κ2) is 3.33. The molecule has 1 N–H and O–H groups in total. The molecule has 0 radical (unpaired) electrons. The lowest BCUT2D eigenvalue weighted by Gasteiger charge is -2.08. The average Bonchev–Trinajstić information content (AvgIpc) is 2.15. The second-order valence-corrected chi connectivity index (χ2v) is 3.40. The van der Waals surface area contributed by atoms with Gasteiger partial charge in [-0.2, -0.15) is 18.2 Å². The first-order valence-corrected chi connectivity index (χ1v) is 4.46. The average molecular weight is 228 g/mol. The molecule has 0 unspecified atom stereocenters. The molecule has 84 valence electrons. The highest BCUT2D eigenvalue weighted by Crippen LogP contribution is 2.31. The number of fused-ring (bicyclic) bond motifs is 1. The summed E-state index contributed by atoms with van der Waals surface area (Å²) in [4.78, 5) is 16.9. The molecule has 0 fully saturated rings. The van der Waals surface area contributed by atoms with Gasteiger partial charge in [-0.25, -0.2) is 4.79 Å². The van der Waals surface area contributed by atoms with Crippen molar-refractivity contribution in [3.05, 3.63) is 39.9 Å². The molecule has 1 heterocycles. The Balaban J connectivity index is 2.76. The smallest absolute Gasteiger partial charge is 0.309 e. The Labute approximate surface area is 87.9 Å². The normalized spacial score (nSPS) is 12.0. The van der Waals surface area contributed by atoms with E-state index in [1.54, 1.807) is 0 Å². The van der Waals surface area contributed by atoms with Crippen molar-refractivity contribution in [2.45, 2.75) is 13.1 Å². The van der Waals surface area contributed by atoms with E-state index in [4.69, 9.17) is 0 Å². The highest BCUT2D eigenvalue weighted by Gasteiger charge is 2.30. The van der Waals surface area contributed by atoms with Crippen molar-refractivity contribution >= 4 is 10.9 Å². The largest absolute Gasteiger partial charge is 0.416 e. The SMILES string of the molecule is Cc1[nH]c(=O)nc2ccc(C(F)(F)F)cc12. The lowest BCUT2D eigenvalue weighted by atomic mass is 10.1. The first-order valence-electron chi connectivity index (χ1n) is 4.46. The number of hydrogen-bond acceptors (Lipinski definition) is 2. The van der Waals surface area contributed by atoms with E-state index in [0.29, 0.717) is 11.1 Å². The lowest BCUT2D eigenvalue weighted by Crippen LogP contribution is -2.12. The molecule has 0 aliphatic heterocycles. The maximum absolute atomic E-state index is 12.4. The quantitative estimate of drug-likeness (QED) is 0.751. The van der Waals surface area contributed by atoms with Gasteiger partial charge >= 0.3 is 11.9 Å². The summed E-state index contributed by atoms with van der Waals surface area (Å²) in [5.41, 5.74) is -0.683. The molecule has 0 saturated heterocycles. The number of H-pyrrole nitrogens is 1. The van der Waals surface area contributed by atoms with Crippen molar-refractivity contribution in [2.75, 3.05) is 0 Å². The molecule has 0 aliphatic rings. The van der Waals surface area contributed by atoms with Crippen molar-refractivity contribution in [1.29, 1.82) is 0 Å². The van der Waals surface area contributed by atoms with Gasteiger partial charge in [-0.1, -0.05) is 0 Å². The van der Waals surface area contributed by atoms with Crippen LogP contribution in [0.4, 0.5) is 13.2 Å². The van der Waals surface area contributed by atoms with E-state index in [2.05, 4.69) is 9.97 Å². The highest BCUT2D eigenvalue weighted by atomic mass is 19.4. The standard InChI is InChI=1S/C10H7F3N2O/c1-5-7-4-6(10(11,12)13)2-3-8(7)15-9(16)14-5/h2-4H,1H3,(H,14,15,16). The molecule has 16 heavy (non-hydrogen) atoms. The summed E-state index contributed by atoms with van der Waals surface area (Å²) >= 11 is 0. The van der Waals surface area contributed by atoms with Crippen molar-refractivity contribution in [3.63, 3.8) is 0 Å². The second-order valence-electron chi connectivity index (χ2n) is 3.40. The predicted octanol–water partition coefficient (Wildman–Crippen LogP) is 2.25. The van der Waals surface area contributed by atoms with E-state index >= 15 is 0 Å². The van der Waals surface area contributed by atoms with Gasteiger partial charge in [-0.3, -0.25) is 0 Å². The monoisotopic (exact) mass is 228 g/mol. The third-order valence-electron chi connectivity index (χ3n) is 2.24. The van der Waals surface area contributed by atoms with E-state index in [1.165, 1.54) is 13.0 Å². The summed E-state index contributed by atoms with van der Waals surface area (Å²) in [5.74, 6) is 0. The molecule has 1 aromatic carbocycles. The minimum atomic E-state index is -4.39. The Kier molecular flexibility index (Phi) is 2.22. The van der Waals surface area contributed by atoms with Crippen LogP contribution in [0.5, 0.6) is 0 Å². The zero-order chi connectivity index (χ0) is 11.9. The van der Waals surface area contributed by atoms with Crippen molar-refractivity contribution in [2.24, 2.45) is 0 Å². The molecule has 0 saturated carbocycles. The summed E-state index contributed by atoms with van der Waals surface area (Å²) in [7, 11) is 0. The number of alkyl halides is 3. The zero-order valence-corrected chi connectivity index (χ0v) is 8.22. The van der Waals surface area contributed by atoms with Gasteiger partial charge in [0.05, 0.1) is 11.1 Å². The summed E-state index contributed by atoms with van der Waals surface area (Å²) in [5, 5.41) is 0.300. The van der Waals surface area contributed by atoms with Crippen LogP contribution in [0.15, 0.2) is 23.0 Å². The minimum absolute atomic E-state index is 0.259. The van der Waals surface area contributed by atoms with Crippen LogP contribution in [-0.2, 0) is 6.18 Å². The summed E-state index contributed by atoms with van der Waals surface area (Å²) < 4.78 is 37.3. The lowest BCUT2D eigenvalue weighted by molar-refractivity contribution is -0.137. The van der Waals surface area contributed by atoms with E-state index in [1.807, 2.05) is 0 Å². The molecule has 2 rings (SSSR count). The molecule has 6 heteroatoms. The maximum atomic E-state index is 12.4. The third kappa shape index (κ3) is 1.78. The molecule has 0 atom stereocenters. The molecule has 0 aliphatic carbocycles. The molecular formula is C10H7F3N2O. The predicted molar refractivity (Wildman–Crippen MR) is 52.1 cm³/mol. The molecule has 0 amide bonds.